The van der Waals surface area contributed by atoms with Crippen LogP contribution >= 0.6 is 11.6 Å². The molecule has 2 aromatic carbocycles. The van der Waals surface area contributed by atoms with E-state index in [1.807, 2.05) is 35.8 Å². The second-order valence-electron chi connectivity index (χ2n) is 5.03. The lowest BCUT2D eigenvalue weighted by Gasteiger charge is -2.19. The van der Waals surface area contributed by atoms with Gasteiger partial charge in [0.2, 0.25) is 11.8 Å². The molecular formula is C18H16ClN3O3. The molecule has 0 aliphatic rings. The summed E-state index contributed by atoms with van der Waals surface area (Å²) in [7, 11) is 0. The number of hydrogen-bond acceptors (Lipinski definition) is 4. The molecular weight excluding hydrogens is 342 g/mol. The molecule has 0 heterocycles. The predicted octanol–water partition coefficient (Wildman–Crippen LogP) is 2.29. The monoisotopic (exact) mass is 357 g/mol. The second kappa shape index (κ2) is 8.77. The van der Waals surface area contributed by atoms with Crippen LogP contribution in [0.5, 0.6) is 0 Å². The first kappa shape index (κ1) is 18.4. The maximum absolute atomic E-state index is 12.5. The Labute approximate surface area is 149 Å². The Hall–Kier alpha value is -2.96. The van der Waals surface area contributed by atoms with Crippen LogP contribution in [0.1, 0.15) is 12.0 Å². The maximum Gasteiger partial charge on any atom is 0.257 e. The Morgan fingerprint density at radius 1 is 1.04 bits per heavy atom. The normalized spacial score (nSPS) is 10.5. The molecule has 25 heavy (non-hydrogen) atoms. The molecule has 128 valence electrons. The van der Waals surface area contributed by atoms with Crippen molar-refractivity contribution in [3.05, 3.63) is 71.3 Å². The molecule has 0 radical (unpaired) electrons. The summed E-state index contributed by atoms with van der Waals surface area (Å²) in [4.78, 5) is 37.2. The number of rotatable bonds is 5. The first-order chi connectivity index (χ1) is 12.0. The van der Waals surface area contributed by atoms with Gasteiger partial charge in [0.05, 0.1) is 5.69 Å². The van der Waals surface area contributed by atoms with E-state index in [0.717, 1.165) is 10.5 Å². The van der Waals surface area contributed by atoms with Crippen LogP contribution in [0.3, 0.4) is 0 Å². The van der Waals surface area contributed by atoms with Crippen molar-refractivity contribution in [2.75, 3.05) is 4.90 Å². The fourth-order valence-electron chi connectivity index (χ4n) is 2.06. The van der Waals surface area contributed by atoms with Gasteiger partial charge >= 0.3 is 0 Å². The Morgan fingerprint density at radius 2 is 1.68 bits per heavy atom. The summed E-state index contributed by atoms with van der Waals surface area (Å²) in [5, 5.41) is 0.461. The zero-order valence-corrected chi connectivity index (χ0v) is 13.9. The van der Waals surface area contributed by atoms with Gasteiger partial charge < -0.3 is 0 Å². The molecule has 3 N–H and O–H groups in total. The number of halogens is 1. The molecule has 0 unspecified atom stereocenters. The Bertz CT molecular complexity index is 789. The first-order valence-corrected chi connectivity index (χ1v) is 7.74. The van der Waals surface area contributed by atoms with Crippen LogP contribution in [-0.4, -0.2) is 17.7 Å². The summed E-state index contributed by atoms with van der Waals surface area (Å²) in [6.45, 7) is 0. The van der Waals surface area contributed by atoms with Gasteiger partial charge in [-0.05, 0) is 35.9 Å². The third-order valence-electron chi connectivity index (χ3n) is 3.25. The number of benzene rings is 2. The molecule has 3 amide bonds. The average Bonchev–Trinajstić information content (AvgIpc) is 2.62. The quantitative estimate of drug-likeness (QED) is 0.282. The van der Waals surface area contributed by atoms with Crippen molar-refractivity contribution in [3.63, 3.8) is 0 Å². The van der Waals surface area contributed by atoms with E-state index in [-0.39, 0.29) is 0 Å². The number of hydrogen-bond donors (Lipinski definition) is 2. The summed E-state index contributed by atoms with van der Waals surface area (Å²) >= 11 is 5.84. The van der Waals surface area contributed by atoms with Gasteiger partial charge in [0.1, 0.15) is 6.42 Å². The highest BCUT2D eigenvalue weighted by molar-refractivity contribution is 6.30. The number of nitrogens with one attached hydrogen (secondary N) is 1. The highest BCUT2D eigenvalue weighted by atomic mass is 35.5. The topological polar surface area (TPSA) is 92.5 Å². The predicted molar refractivity (Wildman–Crippen MR) is 96.4 cm³/mol. The van der Waals surface area contributed by atoms with Gasteiger partial charge in [-0.25, -0.2) is 10.7 Å². The average molecular weight is 358 g/mol. The summed E-state index contributed by atoms with van der Waals surface area (Å²) in [5.41, 5.74) is 2.98. The molecule has 7 heteroatoms. The van der Waals surface area contributed by atoms with Crippen LogP contribution in [0.15, 0.2) is 60.7 Å². The van der Waals surface area contributed by atoms with Crippen molar-refractivity contribution in [3.8, 4) is 0 Å². The minimum atomic E-state index is -0.701. The number of carbonyl (C=O) groups is 3. The number of amides is 3. The summed E-state index contributed by atoms with van der Waals surface area (Å²) in [6.07, 6.45) is 2.30. The molecule has 0 saturated heterocycles. The van der Waals surface area contributed by atoms with Crippen LogP contribution in [-0.2, 0) is 14.4 Å². The maximum atomic E-state index is 12.5. The lowest BCUT2D eigenvalue weighted by molar-refractivity contribution is -0.129. The van der Waals surface area contributed by atoms with Crippen LogP contribution in [0.4, 0.5) is 5.69 Å². The molecule has 0 spiro atoms. The van der Waals surface area contributed by atoms with E-state index in [1.54, 1.807) is 18.2 Å². The number of imide groups is 1. The molecule has 0 bridgehead atoms. The summed E-state index contributed by atoms with van der Waals surface area (Å²) in [5.74, 6) is 3.03. The molecule has 0 atom stereocenters. The molecule has 0 aliphatic heterocycles. The van der Waals surface area contributed by atoms with Crippen LogP contribution < -0.4 is 16.2 Å². The number of nitrogens with zero attached hydrogens (tertiary/aromatic N) is 1. The minimum absolute atomic E-state index is 0.307. The standard InChI is InChI=1S/C18H16ClN3O3/c19-14-7-9-15(10-8-14)22(18(25)12-16(23)21-20)17(24)11-6-13-4-2-1-3-5-13/h1-11H,12,20H2,(H,21,23)/b11-6+. The van der Waals surface area contributed by atoms with E-state index in [1.165, 1.54) is 18.2 Å². The van der Waals surface area contributed by atoms with E-state index in [0.29, 0.717) is 10.7 Å². The number of nitrogens with two attached hydrogens (primary N) is 1. The van der Waals surface area contributed by atoms with Gasteiger partial charge in [0.25, 0.3) is 5.91 Å². The zero-order chi connectivity index (χ0) is 18.2. The smallest absolute Gasteiger partial charge is 0.257 e. The van der Waals surface area contributed by atoms with Gasteiger partial charge in [-0.1, -0.05) is 41.9 Å². The van der Waals surface area contributed by atoms with Gasteiger partial charge in [0, 0.05) is 11.1 Å². The van der Waals surface area contributed by atoms with E-state index in [4.69, 9.17) is 17.4 Å². The first-order valence-electron chi connectivity index (χ1n) is 7.36. The lowest BCUT2D eigenvalue weighted by Crippen LogP contribution is -2.40. The van der Waals surface area contributed by atoms with E-state index < -0.39 is 24.1 Å². The molecule has 0 aliphatic carbocycles. The number of carbonyl (C=O) groups excluding carboxylic acids is 3. The van der Waals surface area contributed by atoms with Crippen molar-refractivity contribution in [2.24, 2.45) is 5.84 Å². The molecule has 0 fully saturated rings. The zero-order valence-electron chi connectivity index (χ0n) is 13.2. The Balaban J connectivity index is 2.28. The third kappa shape index (κ3) is 5.27. The number of anilines is 1. The highest BCUT2D eigenvalue weighted by Crippen LogP contribution is 2.20. The Morgan fingerprint density at radius 3 is 2.28 bits per heavy atom. The highest BCUT2D eigenvalue weighted by Gasteiger charge is 2.23. The third-order valence-corrected chi connectivity index (χ3v) is 3.50. The molecule has 2 aromatic rings. The van der Waals surface area contributed by atoms with E-state index in [2.05, 4.69) is 0 Å². The molecule has 6 nitrogen and oxygen atoms in total. The molecule has 0 aromatic heterocycles. The SMILES string of the molecule is NNC(=O)CC(=O)N(C(=O)/C=C/c1ccccc1)c1ccc(Cl)cc1. The van der Waals surface area contributed by atoms with Crippen molar-refractivity contribution < 1.29 is 14.4 Å². The minimum Gasteiger partial charge on any atom is -0.294 e. The van der Waals surface area contributed by atoms with Gasteiger partial charge in [0.15, 0.2) is 0 Å². The van der Waals surface area contributed by atoms with Crippen molar-refractivity contribution in [1.82, 2.24) is 5.43 Å². The van der Waals surface area contributed by atoms with Crippen molar-refractivity contribution in [2.45, 2.75) is 6.42 Å². The summed E-state index contributed by atoms with van der Waals surface area (Å²) < 4.78 is 0. The van der Waals surface area contributed by atoms with Gasteiger partial charge in [-0.15, -0.1) is 0 Å². The molecule has 2 rings (SSSR count). The second-order valence-corrected chi connectivity index (χ2v) is 5.47. The molecule has 0 saturated carbocycles. The fourth-order valence-corrected chi connectivity index (χ4v) is 2.18. The summed E-state index contributed by atoms with van der Waals surface area (Å²) in [6, 6.07) is 15.3. The Kier molecular flexibility index (Phi) is 6.45. The van der Waals surface area contributed by atoms with Crippen LogP contribution in [0.2, 0.25) is 5.02 Å². The van der Waals surface area contributed by atoms with Crippen molar-refractivity contribution >= 4 is 41.1 Å². The van der Waals surface area contributed by atoms with Gasteiger partial charge in [-0.2, -0.15) is 0 Å². The van der Waals surface area contributed by atoms with Crippen molar-refractivity contribution in [1.29, 1.82) is 0 Å². The van der Waals surface area contributed by atoms with E-state index >= 15 is 0 Å². The van der Waals surface area contributed by atoms with Crippen LogP contribution in [0, 0.1) is 0 Å². The van der Waals surface area contributed by atoms with Crippen LogP contribution in [0.25, 0.3) is 6.08 Å². The fraction of sp³-hybridized carbons (Fsp3) is 0.0556. The lowest BCUT2D eigenvalue weighted by atomic mass is 10.2. The largest absolute Gasteiger partial charge is 0.294 e. The van der Waals surface area contributed by atoms with E-state index in [9.17, 15) is 14.4 Å². The van der Waals surface area contributed by atoms with Gasteiger partial charge in [-0.3, -0.25) is 19.8 Å². The number of hydrazine groups is 1.